The molecular weight excluding hydrogens is 292 g/mol. The molecular formula is C15H19ClN2O3. The van der Waals surface area contributed by atoms with Crippen LogP contribution in [0, 0.1) is 0 Å². The zero-order valence-corrected chi connectivity index (χ0v) is 12.9. The summed E-state index contributed by atoms with van der Waals surface area (Å²) in [6.07, 6.45) is 2.98. The Balaban J connectivity index is 2.14. The third-order valence-corrected chi connectivity index (χ3v) is 4.05. The van der Waals surface area contributed by atoms with Crippen molar-refractivity contribution in [1.82, 2.24) is 4.90 Å². The molecule has 1 fully saturated rings. The quantitative estimate of drug-likeness (QED) is 0.872. The number of piperidine rings is 1. The number of halogens is 1. The van der Waals surface area contributed by atoms with E-state index in [1.54, 1.807) is 12.1 Å². The van der Waals surface area contributed by atoms with Crippen molar-refractivity contribution in [3.63, 3.8) is 0 Å². The van der Waals surface area contributed by atoms with E-state index in [0.29, 0.717) is 16.3 Å². The van der Waals surface area contributed by atoms with Crippen LogP contribution in [0.5, 0.6) is 0 Å². The van der Waals surface area contributed by atoms with Gasteiger partial charge in [-0.15, -0.1) is 0 Å². The van der Waals surface area contributed by atoms with E-state index in [1.165, 1.54) is 13.2 Å². The van der Waals surface area contributed by atoms with Crippen molar-refractivity contribution in [2.45, 2.75) is 25.3 Å². The number of ether oxygens (including phenoxy) is 1. The van der Waals surface area contributed by atoms with Gasteiger partial charge in [0.25, 0.3) is 0 Å². The number of likely N-dealkylation sites (N-methyl/N-ethyl adjacent to an activating group) is 1. The minimum Gasteiger partial charge on any atom is -0.465 e. The van der Waals surface area contributed by atoms with E-state index < -0.39 is 5.97 Å². The molecule has 1 aromatic carbocycles. The fraction of sp³-hybridized carbons (Fsp3) is 0.467. The van der Waals surface area contributed by atoms with Crippen LogP contribution in [0.1, 0.15) is 29.6 Å². The highest BCUT2D eigenvalue weighted by Gasteiger charge is 2.26. The van der Waals surface area contributed by atoms with Gasteiger partial charge in [-0.05, 0) is 44.6 Å². The molecule has 114 valence electrons. The molecule has 1 atom stereocenters. The SMILES string of the molecule is COC(=O)c1ccc(Cl)c(NC(=O)C2CCCCN2C)c1. The maximum atomic E-state index is 12.4. The highest BCUT2D eigenvalue weighted by molar-refractivity contribution is 6.34. The van der Waals surface area contributed by atoms with Crippen LogP contribution in [-0.2, 0) is 9.53 Å². The Morgan fingerprint density at radius 3 is 2.81 bits per heavy atom. The third-order valence-electron chi connectivity index (χ3n) is 3.72. The van der Waals surface area contributed by atoms with Crippen LogP contribution in [0.25, 0.3) is 0 Å². The maximum absolute atomic E-state index is 12.4. The summed E-state index contributed by atoms with van der Waals surface area (Å²) in [7, 11) is 3.25. The van der Waals surface area contributed by atoms with Crippen LogP contribution in [-0.4, -0.2) is 43.5 Å². The van der Waals surface area contributed by atoms with Gasteiger partial charge in [0.15, 0.2) is 0 Å². The lowest BCUT2D eigenvalue weighted by Gasteiger charge is -2.31. The summed E-state index contributed by atoms with van der Waals surface area (Å²) in [5.74, 6) is -0.557. The van der Waals surface area contributed by atoms with Crippen LogP contribution in [0.2, 0.25) is 5.02 Å². The number of hydrogen-bond donors (Lipinski definition) is 1. The second-order valence-corrected chi connectivity index (χ2v) is 5.57. The molecule has 2 rings (SSSR count). The zero-order chi connectivity index (χ0) is 15.4. The summed E-state index contributed by atoms with van der Waals surface area (Å²) in [6, 6.07) is 4.52. The number of carbonyl (C=O) groups excluding carboxylic acids is 2. The van der Waals surface area contributed by atoms with Crippen molar-refractivity contribution < 1.29 is 14.3 Å². The van der Waals surface area contributed by atoms with Gasteiger partial charge in [0, 0.05) is 0 Å². The average Bonchev–Trinajstić information content (AvgIpc) is 2.49. The van der Waals surface area contributed by atoms with Crippen LogP contribution >= 0.6 is 11.6 Å². The molecule has 6 heteroatoms. The summed E-state index contributed by atoms with van der Waals surface area (Å²) in [4.78, 5) is 25.9. The highest BCUT2D eigenvalue weighted by atomic mass is 35.5. The monoisotopic (exact) mass is 310 g/mol. The Kier molecular flexibility index (Phi) is 5.20. The lowest BCUT2D eigenvalue weighted by atomic mass is 10.0. The normalized spacial score (nSPS) is 19.1. The molecule has 0 saturated carbocycles. The number of hydrogen-bond acceptors (Lipinski definition) is 4. The number of esters is 1. The van der Waals surface area contributed by atoms with E-state index in [1.807, 2.05) is 11.9 Å². The van der Waals surface area contributed by atoms with E-state index >= 15 is 0 Å². The van der Waals surface area contributed by atoms with E-state index in [-0.39, 0.29) is 11.9 Å². The molecule has 1 saturated heterocycles. The first kappa shape index (κ1) is 15.8. The zero-order valence-electron chi connectivity index (χ0n) is 12.2. The highest BCUT2D eigenvalue weighted by Crippen LogP contribution is 2.25. The molecule has 0 radical (unpaired) electrons. The van der Waals surface area contributed by atoms with Gasteiger partial charge in [0.2, 0.25) is 5.91 Å². The van der Waals surface area contributed by atoms with Gasteiger partial charge in [-0.1, -0.05) is 18.0 Å². The van der Waals surface area contributed by atoms with Crippen LogP contribution in [0.3, 0.4) is 0 Å². The predicted octanol–water partition coefficient (Wildman–Crippen LogP) is 2.55. The van der Waals surface area contributed by atoms with Gasteiger partial charge in [0.1, 0.15) is 0 Å². The topological polar surface area (TPSA) is 58.6 Å². The van der Waals surface area contributed by atoms with Crippen molar-refractivity contribution in [2.24, 2.45) is 0 Å². The van der Waals surface area contributed by atoms with Crippen LogP contribution in [0.4, 0.5) is 5.69 Å². The Labute approximate surface area is 129 Å². The number of nitrogens with one attached hydrogen (secondary N) is 1. The number of amides is 1. The number of likely N-dealkylation sites (tertiary alicyclic amines) is 1. The first-order valence-corrected chi connectivity index (χ1v) is 7.29. The fourth-order valence-electron chi connectivity index (χ4n) is 2.49. The van der Waals surface area contributed by atoms with E-state index in [4.69, 9.17) is 11.6 Å². The molecule has 0 bridgehead atoms. The molecule has 1 unspecified atom stereocenters. The Morgan fingerprint density at radius 2 is 2.14 bits per heavy atom. The van der Waals surface area contributed by atoms with Gasteiger partial charge in [0.05, 0.1) is 29.4 Å². The van der Waals surface area contributed by atoms with Gasteiger partial charge in [-0.25, -0.2) is 4.79 Å². The number of anilines is 1. The summed E-state index contributed by atoms with van der Waals surface area (Å²) in [5.41, 5.74) is 0.790. The number of methoxy groups -OCH3 is 1. The Bertz CT molecular complexity index is 548. The number of benzene rings is 1. The van der Waals surface area contributed by atoms with Crippen molar-refractivity contribution in [3.05, 3.63) is 28.8 Å². The molecule has 1 N–H and O–H groups in total. The fourth-order valence-corrected chi connectivity index (χ4v) is 2.65. The van der Waals surface area contributed by atoms with E-state index in [0.717, 1.165) is 25.8 Å². The van der Waals surface area contributed by atoms with Gasteiger partial charge >= 0.3 is 5.97 Å². The molecule has 0 spiro atoms. The standard InChI is InChI=1S/C15H19ClN2O3/c1-18-8-4-3-5-13(18)14(19)17-12-9-10(15(20)21-2)6-7-11(12)16/h6-7,9,13H,3-5,8H2,1-2H3,(H,17,19). The smallest absolute Gasteiger partial charge is 0.337 e. The minimum absolute atomic E-state index is 0.0962. The third kappa shape index (κ3) is 3.74. The van der Waals surface area contributed by atoms with Gasteiger partial charge in [-0.2, -0.15) is 0 Å². The number of rotatable bonds is 3. The van der Waals surface area contributed by atoms with Crippen LogP contribution < -0.4 is 5.32 Å². The number of carbonyl (C=O) groups is 2. The van der Waals surface area contributed by atoms with Crippen molar-refractivity contribution in [2.75, 3.05) is 26.0 Å². The molecule has 1 aromatic rings. The first-order chi connectivity index (χ1) is 10.0. The van der Waals surface area contributed by atoms with E-state index in [2.05, 4.69) is 10.1 Å². The lowest BCUT2D eigenvalue weighted by Crippen LogP contribution is -2.44. The second-order valence-electron chi connectivity index (χ2n) is 5.17. The van der Waals surface area contributed by atoms with E-state index in [9.17, 15) is 9.59 Å². The van der Waals surface area contributed by atoms with Crippen molar-refractivity contribution in [1.29, 1.82) is 0 Å². The molecule has 1 aliphatic rings. The molecule has 5 nitrogen and oxygen atoms in total. The summed E-state index contributed by atoms with van der Waals surface area (Å²) in [6.45, 7) is 0.911. The molecule has 0 aliphatic carbocycles. The number of nitrogens with zero attached hydrogens (tertiary/aromatic N) is 1. The van der Waals surface area contributed by atoms with Gasteiger partial charge < -0.3 is 10.1 Å². The minimum atomic E-state index is -0.461. The molecule has 1 heterocycles. The lowest BCUT2D eigenvalue weighted by molar-refractivity contribution is -0.121. The average molecular weight is 311 g/mol. The molecule has 21 heavy (non-hydrogen) atoms. The maximum Gasteiger partial charge on any atom is 0.337 e. The first-order valence-electron chi connectivity index (χ1n) is 6.92. The summed E-state index contributed by atoms with van der Waals surface area (Å²) < 4.78 is 4.67. The largest absolute Gasteiger partial charge is 0.465 e. The van der Waals surface area contributed by atoms with Crippen LogP contribution in [0.15, 0.2) is 18.2 Å². The second kappa shape index (κ2) is 6.91. The Morgan fingerprint density at radius 1 is 1.38 bits per heavy atom. The molecule has 1 amide bonds. The summed E-state index contributed by atoms with van der Waals surface area (Å²) >= 11 is 6.08. The molecule has 1 aliphatic heterocycles. The van der Waals surface area contributed by atoms with Crippen molar-refractivity contribution >= 4 is 29.2 Å². The Hall–Kier alpha value is -1.59. The van der Waals surface area contributed by atoms with Gasteiger partial charge in [-0.3, -0.25) is 9.69 Å². The summed E-state index contributed by atoms with van der Waals surface area (Å²) in [5, 5.41) is 3.21. The van der Waals surface area contributed by atoms with Crippen molar-refractivity contribution in [3.8, 4) is 0 Å². The molecule has 0 aromatic heterocycles. The predicted molar refractivity (Wildman–Crippen MR) is 81.7 cm³/mol.